The van der Waals surface area contributed by atoms with Crippen molar-refractivity contribution in [2.75, 3.05) is 12.8 Å². The number of nitrogens with one attached hydrogen (secondary N) is 1. The van der Waals surface area contributed by atoms with E-state index in [1.807, 2.05) is 13.8 Å². The molecular formula is C14H23N3O2. The fraction of sp³-hybridized carbons (Fsp3) is 0.714. The second-order valence-electron chi connectivity index (χ2n) is 5.63. The normalized spacial score (nSPS) is 18.7. The third-order valence-electron chi connectivity index (χ3n) is 4.05. The molecule has 0 bridgehead atoms. The van der Waals surface area contributed by atoms with Gasteiger partial charge in [0.25, 0.3) is 5.56 Å². The highest BCUT2D eigenvalue weighted by Crippen LogP contribution is 2.38. The van der Waals surface area contributed by atoms with Crippen molar-refractivity contribution in [2.24, 2.45) is 0 Å². The van der Waals surface area contributed by atoms with Crippen LogP contribution < -0.4 is 11.3 Å². The summed E-state index contributed by atoms with van der Waals surface area (Å²) in [5.74, 6) is 0.979. The lowest BCUT2D eigenvalue weighted by atomic mass is 9.84. The lowest BCUT2D eigenvalue weighted by molar-refractivity contribution is -0.0515. The van der Waals surface area contributed by atoms with E-state index in [-0.39, 0.29) is 11.5 Å². The van der Waals surface area contributed by atoms with E-state index >= 15 is 0 Å². The largest absolute Gasteiger partial charge is 0.383 e. The van der Waals surface area contributed by atoms with E-state index in [0.717, 1.165) is 25.7 Å². The summed E-state index contributed by atoms with van der Waals surface area (Å²) in [6.45, 7) is 3.88. The molecule has 1 saturated carbocycles. The van der Waals surface area contributed by atoms with Gasteiger partial charge in [-0.2, -0.15) is 0 Å². The quantitative estimate of drug-likeness (QED) is 0.878. The maximum Gasteiger partial charge on any atom is 0.256 e. The highest BCUT2D eigenvalue weighted by atomic mass is 16.5. The van der Waals surface area contributed by atoms with Crippen LogP contribution in [0.3, 0.4) is 0 Å². The molecule has 0 amide bonds. The fourth-order valence-electron chi connectivity index (χ4n) is 2.93. The Morgan fingerprint density at radius 1 is 1.32 bits per heavy atom. The first kappa shape index (κ1) is 14.1. The van der Waals surface area contributed by atoms with Crippen molar-refractivity contribution >= 4 is 5.82 Å². The maximum absolute atomic E-state index is 12.2. The smallest absolute Gasteiger partial charge is 0.256 e. The van der Waals surface area contributed by atoms with E-state index in [1.54, 1.807) is 7.11 Å². The van der Waals surface area contributed by atoms with Gasteiger partial charge in [0, 0.05) is 7.11 Å². The van der Waals surface area contributed by atoms with Gasteiger partial charge in [-0.25, -0.2) is 4.98 Å². The predicted octanol–water partition coefficient (Wildman–Crippen LogP) is 2.28. The fourth-order valence-corrected chi connectivity index (χ4v) is 2.93. The highest BCUT2D eigenvalue weighted by Gasteiger charge is 2.37. The molecule has 1 aliphatic carbocycles. The van der Waals surface area contributed by atoms with Crippen molar-refractivity contribution in [3.05, 3.63) is 21.7 Å². The third kappa shape index (κ3) is 2.52. The summed E-state index contributed by atoms with van der Waals surface area (Å²) in [6.07, 6.45) is 5.14. The van der Waals surface area contributed by atoms with Gasteiger partial charge in [0.15, 0.2) is 0 Å². The molecule has 5 nitrogen and oxygen atoms in total. The van der Waals surface area contributed by atoms with E-state index in [2.05, 4.69) is 9.97 Å². The summed E-state index contributed by atoms with van der Waals surface area (Å²) >= 11 is 0. The van der Waals surface area contributed by atoms with Crippen LogP contribution in [0.2, 0.25) is 0 Å². The number of H-pyrrole nitrogens is 1. The molecule has 1 aliphatic rings. The zero-order chi connectivity index (χ0) is 14.0. The minimum absolute atomic E-state index is 0.0650. The van der Waals surface area contributed by atoms with Crippen molar-refractivity contribution in [3.63, 3.8) is 0 Å². The van der Waals surface area contributed by atoms with Crippen LogP contribution in [0, 0.1) is 0 Å². The lowest BCUT2D eigenvalue weighted by Gasteiger charge is -2.35. The zero-order valence-electron chi connectivity index (χ0n) is 12.0. The van der Waals surface area contributed by atoms with E-state index in [0.29, 0.717) is 17.2 Å². The molecule has 0 aromatic carbocycles. The Labute approximate surface area is 113 Å². The monoisotopic (exact) mass is 265 g/mol. The SMILES string of the molecule is COC1(c2nc(N)c(C(C)C)c(=O)[nH]2)CCCCC1. The zero-order valence-corrected chi connectivity index (χ0v) is 12.0. The van der Waals surface area contributed by atoms with Gasteiger partial charge in [-0.15, -0.1) is 0 Å². The van der Waals surface area contributed by atoms with Crippen molar-refractivity contribution in [3.8, 4) is 0 Å². The molecule has 0 atom stereocenters. The number of hydrogen-bond acceptors (Lipinski definition) is 4. The molecule has 1 aromatic rings. The Morgan fingerprint density at radius 2 is 1.95 bits per heavy atom. The molecule has 19 heavy (non-hydrogen) atoms. The molecule has 0 saturated heterocycles. The van der Waals surface area contributed by atoms with Crippen molar-refractivity contribution in [1.82, 2.24) is 9.97 Å². The van der Waals surface area contributed by atoms with E-state index in [4.69, 9.17) is 10.5 Å². The van der Waals surface area contributed by atoms with Gasteiger partial charge in [-0.3, -0.25) is 4.79 Å². The van der Waals surface area contributed by atoms with Gasteiger partial charge in [-0.05, 0) is 18.8 Å². The van der Waals surface area contributed by atoms with Crippen molar-refractivity contribution in [2.45, 2.75) is 57.5 Å². The number of aromatic amines is 1. The van der Waals surface area contributed by atoms with Crippen LogP contribution in [0.4, 0.5) is 5.82 Å². The number of nitrogens with two attached hydrogens (primary N) is 1. The molecule has 0 spiro atoms. The molecule has 0 aliphatic heterocycles. The summed E-state index contributed by atoms with van der Waals surface area (Å²) in [7, 11) is 1.68. The van der Waals surface area contributed by atoms with Crippen molar-refractivity contribution in [1.29, 1.82) is 0 Å². The van der Waals surface area contributed by atoms with Gasteiger partial charge in [-0.1, -0.05) is 33.1 Å². The first-order chi connectivity index (χ1) is 9.00. The molecule has 106 valence electrons. The van der Waals surface area contributed by atoms with Gasteiger partial charge >= 0.3 is 0 Å². The second kappa shape index (κ2) is 5.33. The summed E-state index contributed by atoms with van der Waals surface area (Å²) in [4.78, 5) is 19.5. The molecule has 1 aromatic heterocycles. The Bertz CT molecular complexity index is 502. The molecule has 0 radical (unpaired) electrons. The number of hydrogen-bond donors (Lipinski definition) is 2. The van der Waals surface area contributed by atoms with Gasteiger partial charge < -0.3 is 15.5 Å². The van der Waals surface area contributed by atoms with E-state index in [1.165, 1.54) is 6.42 Å². The van der Waals surface area contributed by atoms with E-state index in [9.17, 15) is 4.79 Å². The van der Waals surface area contributed by atoms with Crippen LogP contribution in [-0.2, 0) is 10.3 Å². The van der Waals surface area contributed by atoms with Crippen LogP contribution >= 0.6 is 0 Å². The first-order valence-corrected chi connectivity index (χ1v) is 6.95. The highest BCUT2D eigenvalue weighted by molar-refractivity contribution is 5.40. The van der Waals surface area contributed by atoms with Gasteiger partial charge in [0.2, 0.25) is 0 Å². The summed E-state index contributed by atoms with van der Waals surface area (Å²) in [6, 6.07) is 0. The summed E-state index contributed by atoms with van der Waals surface area (Å²) in [5, 5.41) is 0. The molecule has 5 heteroatoms. The van der Waals surface area contributed by atoms with Crippen LogP contribution in [-0.4, -0.2) is 17.1 Å². The molecule has 3 N–H and O–H groups in total. The molecule has 2 rings (SSSR count). The Kier molecular flexibility index (Phi) is 3.94. The third-order valence-corrected chi connectivity index (χ3v) is 4.05. The number of ether oxygens (including phenoxy) is 1. The molecule has 1 heterocycles. The molecular weight excluding hydrogens is 242 g/mol. The average molecular weight is 265 g/mol. The first-order valence-electron chi connectivity index (χ1n) is 6.95. The van der Waals surface area contributed by atoms with Gasteiger partial charge in [0.05, 0.1) is 5.56 Å². The average Bonchev–Trinajstić information content (AvgIpc) is 2.38. The summed E-state index contributed by atoms with van der Waals surface area (Å²) < 4.78 is 5.69. The number of aromatic nitrogens is 2. The number of anilines is 1. The van der Waals surface area contributed by atoms with Crippen LogP contribution in [0.5, 0.6) is 0 Å². The van der Waals surface area contributed by atoms with Gasteiger partial charge in [0.1, 0.15) is 17.2 Å². The number of nitrogen functional groups attached to an aromatic ring is 1. The maximum atomic E-state index is 12.2. The second-order valence-corrected chi connectivity index (χ2v) is 5.63. The van der Waals surface area contributed by atoms with Crippen LogP contribution in [0.25, 0.3) is 0 Å². The minimum Gasteiger partial charge on any atom is -0.383 e. The molecule has 0 unspecified atom stereocenters. The Hall–Kier alpha value is -1.36. The van der Waals surface area contributed by atoms with Crippen molar-refractivity contribution < 1.29 is 4.74 Å². The standard InChI is InChI=1S/C14H23N3O2/c1-9(2)10-11(15)16-13(17-12(10)18)14(19-3)7-5-4-6-8-14/h9H,4-8H2,1-3H3,(H3,15,16,17,18). The number of nitrogens with zero attached hydrogens (tertiary/aromatic N) is 1. The Balaban J connectivity index is 2.48. The number of methoxy groups -OCH3 is 1. The summed E-state index contributed by atoms with van der Waals surface area (Å²) in [5.41, 5.74) is 5.91. The lowest BCUT2D eigenvalue weighted by Crippen LogP contribution is -2.36. The minimum atomic E-state index is -0.471. The number of rotatable bonds is 3. The molecule has 1 fully saturated rings. The topological polar surface area (TPSA) is 81.0 Å². The Morgan fingerprint density at radius 3 is 2.42 bits per heavy atom. The van der Waals surface area contributed by atoms with Crippen LogP contribution in [0.1, 0.15) is 63.3 Å². The predicted molar refractivity (Wildman–Crippen MR) is 75.1 cm³/mol. The van der Waals surface area contributed by atoms with E-state index < -0.39 is 5.60 Å². The van der Waals surface area contributed by atoms with Crippen LogP contribution in [0.15, 0.2) is 4.79 Å².